The van der Waals surface area contributed by atoms with E-state index in [2.05, 4.69) is 33.9 Å². The summed E-state index contributed by atoms with van der Waals surface area (Å²) in [6, 6.07) is 8.05. The lowest BCUT2D eigenvalue weighted by atomic mass is 10.0. The molecule has 10 N–H and O–H groups in total. The van der Waals surface area contributed by atoms with Crippen molar-refractivity contribution in [1.29, 1.82) is 0 Å². The lowest BCUT2D eigenvalue weighted by Gasteiger charge is -2.24. The van der Waals surface area contributed by atoms with Crippen LogP contribution < -0.4 is 32.7 Å². The van der Waals surface area contributed by atoms with Crippen molar-refractivity contribution in [2.75, 3.05) is 18.8 Å². The summed E-state index contributed by atoms with van der Waals surface area (Å²) in [5.41, 5.74) is 12.7. The molecule has 2 rings (SSSR count). The molecule has 0 aromatic heterocycles. The first-order valence-corrected chi connectivity index (χ1v) is 14.4. The van der Waals surface area contributed by atoms with Crippen molar-refractivity contribution >= 4 is 42.5 Å². The molecule has 14 heteroatoms. The summed E-state index contributed by atoms with van der Waals surface area (Å²) in [6.07, 6.45) is 3.20. The third kappa shape index (κ3) is 12.7. The van der Waals surface area contributed by atoms with Gasteiger partial charge in [0.2, 0.25) is 29.9 Å². The first-order valence-electron chi connectivity index (χ1n) is 13.7. The molecular weight excluding hydrogens is 576 g/mol. The first-order chi connectivity index (χ1) is 20.6. The number of benzene rings is 2. The minimum Gasteiger partial charge on any atom is -0.508 e. The molecule has 0 aliphatic carbocycles. The maximum absolute atomic E-state index is 13.3. The normalized spacial score (nSPS) is 13.6. The Hall–Kier alpha value is -4.14. The lowest BCUT2D eigenvalue weighted by Crippen LogP contribution is -2.57. The fourth-order valence-electron chi connectivity index (χ4n) is 4.00. The number of phenolic OH excluding ortho intramolecular Hbond substituents is 2. The fraction of sp³-hybridized carbons (Fsp3) is 0.414. The molecule has 233 valence electrons. The molecule has 0 unspecified atom stereocenters. The average molecular weight is 616 g/mol. The number of rotatable bonds is 18. The van der Waals surface area contributed by atoms with Crippen molar-refractivity contribution in [3.05, 3.63) is 59.7 Å². The van der Waals surface area contributed by atoms with E-state index in [1.807, 2.05) is 0 Å². The van der Waals surface area contributed by atoms with Gasteiger partial charge in [-0.25, -0.2) is 0 Å². The summed E-state index contributed by atoms with van der Waals surface area (Å²) in [6.45, 7) is -0.100. The smallest absolute Gasteiger partial charge is 0.243 e. The van der Waals surface area contributed by atoms with E-state index < -0.39 is 54.3 Å². The van der Waals surface area contributed by atoms with E-state index in [0.29, 0.717) is 30.5 Å². The minimum absolute atomic E-state index is 0.0317. The van der Waals surface area contributed by atoms with Crippen LogP contribution in [0.3, 0.4) is 0 Å². The number of carbonyl (C=O) groups is 4. The largest absolute Gasteiger partial charge is 0.508 e. The van der Waals surface area contributed by atoms with Crippen molar-refractivity contribution in [1.82, 2.24) is 21.3 Å². The molecule has 1 radical (unpaired) electrons. The van der Waals surface area contributed by atoms with E-state index in [0.717, 1.165) is 0 Å². The summed E-state index contributed by atoms with van der Waals surface area (Å²) < 4.78 is 0. The van der Waals surface area contributed by atoms with E-state index in [-0.39, 0.29) is 36.5 Å². The summed E-state index contributed by atoms with van der Waals surface area (Å²) in [7, 11) is 0. The summed E-state index contributed by atoms with van der Waals surface area (Å²) in [4.78, 5) is 62.8. The number of nitrogens with one attached hydrogen (secondary N) is 4. The van der Waals surface area contributed by atoms with Gasteiger partial charge >= 0.3 is 0 Å². The monoisotopic (exact) mass is 615 g/mol. The van der Waals surface area contributed by atoms with E-state index in [1.165, 1.54) is 24.3 Å². The van der Waals surface area contributed by atoms with Gasteiger partial charge in [-0.15, -0.1) is 0 Å². The molecule has 0 saturated heterocycles. The Labute approximate surface area is 255 Å². The Kier molecular flexibility index (Phi) is 15.0. The number of unbranched alkanes of at least 4 members (excludes halogenated alkanes) is 1. The second-order valence-corrected chi connectivity index (χ2v) is 10.3. The second-order valence-electron chi connectivity index (χ2n) is 9.89. The summed E-state index contributed by atoms with van der Waals surface area (Å²) in [5.74, 6) is -2.42. The van der Waals surface area contributed by atoms with E-state index in [1.54, 1.807) is 30.6 Å². The molecule has 4 amide bonds. The number of nitrogens with two attached hydrogens (primary N) is 2. The van der Waals surface area contributed by atoms with Gasteiger partial charge in [0, 0.05) is 18.6 Å². The van der Waals surface area contributed by atoms with Gasteiger partial charge in [0.15, 0.2) is 0 Å². The third-order valence-corrected chi connectivity index (χ3v) is 6.79. The maximum atomic E-state index is 13.3. The van der Waals surface area contributed by atoms with Crippen molar-refractivity contribution in [3.8, 4) is 11.5 Å². The van der Waals surface area contributed by atoms with Crippen molar-refractivity contribution in [2.45, 2.75) is 56.3 Å². The van der Waals surface area contributed by atoms with E-state index in [9.17, 15) is 34.2 Å². The molecule has 0 bridgehead atoms. The quantitative estimate of drug-likeness (QED) is 0.0735. The molecule has 2 aromatic rings. The van der Waals surface area contributed by atoms with Crippen LogP contribution in [-0.4, -0.2) is 83.1 Å². The molecule has 0 spiro atoms. The third-order valence-electron chi connectivity index (χ3n) is 6.40. The van der Waals surface area contributed by atoms with Crippen LogP contribution in [0, 0.1) is 0 Å². The highest BCUT2D eigenvalue weighted by molar-refractivity contribution is 7.80. The first kappa shape index (κ1) is 35.1. The summed E-state index contributed by atoms with van der Waals surface area (Å²) >= 11 is 4.02. The van der Waals surface area contributed by atoms with Crippen LogP contribution in [0.1, 0.15) is 30.4 Å². The van der Waals surface area contributed by atoms with Gasteiger partial charge < -0.3 is 42.9 Å². The number of hydrogen-bond acceptors (Lipinski definition) is 10. The molecule has 0 aliphatic rings. The molecule has 0 fully saturated rings. The molecule has 2 aromatic carbocycles. The Morgan fingerprint density at radius 2 is 1.35 bits per heavy atom. The highest BCUT2D eigenvalue weighted by Crippen LogP contribution is 2.13. The van der Waals surface area contributed by atoms with Crippen LogP contribution in [-0.2, 0) is 36.8 Å². The molecule has 43 heavy (non-hydrogen) atoms. The van der Waals surface area contributed by atoms with E-state index in [4.69, 9.17) is 11.5 Å². The van der Waals surface area contributed by atoms with Crippen LogP contribution in [0.15, 0.2) is 48.5 Å². The van der Waals surface area contributed by atoms with Crippen LogP contribution in [0.25, 0.3) is 0 Å². The van der Waals surface area contributed by atoms with Crippen LogP contribution in [0.5, 0.6) is 11.5 Å². The highest BCUT2D eigenvalue weighted by Gasteiger charge is 2.28. The zero-order valence-electron chi connectivity index (χ0n) is 23.6. The van der Waals surface area contributed by atoms with Crippen molar-refractivity contribution < 1.29 is 34.2 Å². The molecule has 0 heterocycles. The average Bonchev–Trinajstić information content (AvgIpc) is 3.00. The summed E-state index contributed by atoms with van der Waals surface area (Å²) in [5, 5.41) is 29.2. The standard InChI is InChI=1S/C29H39N6O7S/c30-12-2-1-3-24(28(41)32-15-26(39)33-20(16-36)13-18-4-8-21(37)9-5-18)34-29(42)25(35-27(40)23(31)17-43)14-19-6-10-22(38)11-7-19/h4-11,20,23-25,37-38,43H,1-3,12-15,17,30-31H2,(H,32,41)(H,33,39)(H,34,42)(H,35,40)/t20-,23-,24-,25-/m0/s1. The van der Waals surface area contributed by atoms with Gasteiger partial charge in [-0.3, -0.25) is 24.0 Å². The number of amides is 4. The molecule has 0 aliphatic heterocycles. The van der Waals surface area contributed by atoms with Crippen molar-refractivity contribution in [3.63, 3.8) is 0 Å². The molecule has 0 saturated carbocycles. The van der Waals surface area contributed by atoms with Gasteiger partial charge in [0.25, 0.3) is 0 Å². The molecular formula is C29H39N6O7S. The molecule has 13 nitrogen and oxygen atoms in total. The predicted molar refractivity (Wildman–Crippen MR) is 163 cm³/mol. The second kappa shape index (κ2) is 18.4. The number of thiol groups is 1. The zero-order chi connectivity index (χ0) is 31.8. The maximum Gasteiger partial charge on any atom is 0.243 e. The molecule has 4 atom stereocenters. The van der Waals surface area contributed by atoms with Crippen LogP contribution in [0.4, 0.5) is 0 Å². The van der Waals surface area contributed by atoms with Crippen molar-refractivity contribution in [2.24, 2.45) is 11.5 Å². The number of carbonyl (C=O) groups excluding carboxylic acids is 5. The Balaban J connectivity index is 2.07. The van der Waals surface area contributed by atoms with Crippen LogP contribution >= 0.6 is 12.6 Å². The Morgan fingerprint density at radius 1 is 0.791 bits per heavy atom. The Bertz CT molecular complexity index is 1210. The predicted octanol–water partition coefficient (Wildman–Crippen LogP) is -1.05. The Morgan fingerprint density at radius 3 is 1.88 bits per heavy atom. The van der Waals surface area contributed by atoms with Gasteiger partial charge in [-0.1, -0.05) is 24.3 Å². The van der Waals surface area contributed by atoms with Gasteiger partial charge in [0.1, 0.15) is 23.6 Å². The number of phenols is 2. The fourth-order valence-corrected chi connectivity index (χ4v) is 4.16. The number of aromatic hydroxyl groups is 2. The highest BCUT2D eigenvalue weighted by atomic mass is 32.1. The van der Waals surface area contributed by atoms with Gasteiger partial charge in [-0.05, 0) is 61.2 Å². The zero-order valence-corrected chi connectivity index (χ0v) is 24.5. The topological polar surface area (TPSA) is 226 Å². The van der Waals surface area contributed by atoms with Gasteiger partial charge in [-0.2, -0.15) is 12.6 Å². The minimum atomic E-state index is -1.11. The van der Waals surface area contributed by atoms with Gasteiger partial charge in [0.05, 0.1) is 18.6 Å². The van der Waals surface area contributed by atoms with E-state index >= 15 is 0 Å². The SMILES string of the molecule is NCCCC[C@H](NC(=O)[C@H](Cc1ccc(O)cc1)NC(=O)[C@@H](N)CS)C(=O)NCC(=O)N[C@H]([C]=O)Cc1ccc(O)cc1. The van der Waals surface area contributed by atoms with Crippen LogP contribution in [0.2, 0.25) is 0 Å². The lowest BCUT2D eigenvalue weighted by molar-refractivity contribution is -0.133. The number of hydrogen-bond donors (Lipinski definition) is 9.